The highest BCUT2D eigenvalue weighted by atomic mass is 16.6. The van der Waals surface area contributed by atoms with Gasteiger partial charge in [0.1, 0.15) is 11.6 Å². The summed E-state index contributed by atoms with van der Waals surface area (Å²) in [6.45, 7) is 1.98. The Morgan fingerprint density at radius 3 is 2.56 bits per heavy atom. The smallest absolute Gasteiger partial charge is 0.276 e. The first-order valence-corrected chi connectivity index (χ1v) is 5.30. The average molecular weight is 244 g/mol. The number of aromatic nitrogens is 1. The van der Waals surface area contributed by atoms with Gasteiger partial charge in [0, 0.05) is 5.69 Å². The van der Waals surface area contributed by atoms with E-state index in [-0.39, 0.29) is 11.5 Å². The number of aryl methyl sites for hydroxylation is 1. The summed E-state index contributed by atoms with van der Waals surface area (Å²) in [7, 11) is 0. The number of rotatable bonds is 3. The molecule has 0 radical (unpaired) electrons. The Hall–Kier alpha value is -2.63. The molecule has 1 heterocycles. The van der Waals surface area contributed by atoms with E-state index >= 15 is 0 Å². The third-order valence-corrected chi connectivity index (χ3v) is 2.36. The average Bonchev–Trinajstić information content (AvgIpc) is 2.31. The van der Waals surface area contributed by atoms with Gasteiger partial charge >= 0.3 is 0 Å². The fraction of sp³-hybridized carbons (Fsp3) is 0.0833. The highest BCUT2D eigenvalue weighted by Gasteiger charge is 2.09. The molecule has 0 saturated heterocycles. The van der Waals surface area contributed by atoms with Crippen molar-refractivity contribution >= 4 is 23.0 Å². The Balaban J connectivity index is 2.28. The molecular weight excluding hydrogens is 232 g/mol. The zero-order valence-electron chi connectivity index (χ0n) is 9.75. The molecule has 0 atom stereocenters. The zero-order chi connectivity index (χ0) is 13.1. The predicted molar refractivity (Wildman–Crippen MR) is 69.8 cm³/mol. The molecule has 0 bridgehead atoms. The van der Waals surface area contributed by atoms with E-state index in [9.17, 15) is 10.1 Å². The van der Waals surface area contributed by atoms with Gasteiger partial charge in [-0.15, -0.1) is 0 Å². The second-order valence-electron chi connectivity index (χ2n) is 3.88. The molecule has 0 aliphatic carbocycles. The number of pyridine rings is 1. The topological polar surface area (TPSA) is 94.1 Å². The Kier molecular flexibility index (Phi) is 3.09. The SMILES string of the molecule is Cc1ccc(Nc2cc([N+](=O)[O-])cc(N)n2)cc1. The van der Waals surface area contributed by atoms with E-state index in [2.05, 4.69) is 10.3 Å². The van der Waals surface area contributed by atoms with Crippen molar-refractivity contribution in [3.8, 4) is 0 Å². The lowest BCUT2D eigenvalue weighted by Gasteiger charge is -2.06. The van der Waals surface area contributed by atoms with Gasteiger partial charge in [-0.05, 0) is 19.1 Å². The molecular formula is C12H12N4O2. The largest absolute Gasteiger partial charge is 0.383 e. The third kappa shape index (κ3) is 2.73. The number of hydrogen-bond acceptors (Lipinski definition) is 5. The number of anilines is 3. The fourth-order valence-electron chi connectivity index (χ4n) is 1.49. The molecule has 1 aromatic heterocycles. The number of nitrogens with two attached hydrogens (primary N) is 1. The molecule has 2 rings (SSSR count). The van der Waals surface area contributed by atoms with Crippen LogP contribution in [0.1, 0.15) is 5.56 Å². The van der Waals surface area contributed by atoms with Crippen molar-refractivity contribution in [2.24, 2.45) is 0 Å². The van der Waals surface area contributed by atoms with Crippen molar-refractivity contribution in [2.45, 2.75) is 6.92 Å². The van der Waals surface area contributed by atoms with Gasteiger partial charge in [0.15, 0.2) is 0 Å². The van der Waals surface area contributed by atoms with Crippen LogP contribution in [0.5, 0.6) is 0 Å². The first kappa shape index (κ1) is 11.8. The third-order valence-electron chi connectivity index (χ3n) is 2.36. The van der Waals surface area contributed by atoms with Crippen molar-refractivity contribution < 1.29 is 4.92 Å². The normalized spacial score (nSPS) is 10.1. The maximum Gasteiger partial charge on any atom is 0.276 e. The van der Waals surface area contributed by atoms with E-state index < -0.39 is 4.92 Å². The van der Waals surface area contributed by atoms with Crippen LogP contribution >= 0.6 is 0 Å². The Labute approximate surface area is 104 Å². The van der Waals surface area contributed by atoms with Crippen molar-refractivity contribution in [1.82, 2.24) is 4.98 Å². The van der Waals surface area contributed by atoms with Gasteiger partial charge in [0.2, 0.25) is 0 Å². The van der Waals surface area contributed by atoms with E-state index in [1.165, 1.54) is 12.1 Å². The monoisotopic (exact) mass is 244 g/mol. The molecule has 0 aliphatic heterocycles. The maximum absolute atomic E-state index is 10.7. The summed E-state index contributed by atoms with van der Waals surface area (Å²) in [6.07, 6.45) is 0. The lowest BCUT2D eigenvalue weighted by Crippen LogP contribution is -1.99. The van der Waals surface area contributed by atoms with Crippen LogP contribution in [0.25, 0.3) is 0 Å². The second-order valence-corrected chi connectivity index (χ2v) is 3.88. The quantitative estimate of drug-likeness (QED) is 0.639. The summed E-state index contributed by atoms with van der Waals surface area (Å²) >= 11 is 0. The minimum atomic E-state index is -0.502. The molecule has 0 aliphatic rings. The van der Waals surface area contributed by atoms with Gasteiger partial charge < -0.3 is 11.1 Å². The van der Waals surface area contributed by atoms with Crippen molar-refractivity contribution in [3.05, 3.63) is 52.1 Å². The number of nitrogen functional groups attached to an aromatic ring is 1. The van der Waals surface area contributed by atoms with Crippen LogP contribution in [0, 0.1) is 17.0 Å². The molecule has 6 nitrogen and oxygen atoms in total. The zero-order valence-corrected chi connectivity index (χ0v) is 9.75. The van der Waals surface area contributed by atoms with E-state index in [1.54, 1.807) is 0 Å². The van der Waals surface area contributed by atoms with Crippen LogP contribution in [0.4, 0.5) is 23.0 Å². The van der Waals surface area contributed by atoms with Crippen LogP contribution in [0.2, 0.25) is 0 Å². The minimum absolute atomic E-state index is 0.0860. The molecule has 0 unspecified atom stereocenters. The highest BCUT2D eigenvalue weighted by molar-refractivity contribution is 5.61. The second kappa shape index (κ2) is 4.70. The summed E-state index contributed by atoms with van der Waals surface area (Å²) in [6, 6.07) is 10.2. The number of nitro groups is 1. The standard InChI is InChI=1S/C12H12N4O2/c1-8-2-4-9(5-3-8)14-12-7-10(16(17)18)6-11(13)15-12/h2-7H,1H3,(H3,13,14,15). The molecule has 18 heavy (non-hydrogen) atoms. The van der Waals surface area contributed by atoms with Gasteiger partial charge in [0.25, 0.3) is 5.69 Å². The van der Waals surface area contributed by atoms with Gasteiger partial charge in [-0.1, -0.05) is 17.7 Å². The van der Waals surface area contributed by atoms with Crippen LogP contribution in [0.3, 0.4) is 0 Å². The predicted octanol–water partition coefficient (Wildman–Crippen LogP) is 2.62. The van der Waals surface area contributed by atoms with E-state index in [1.807, 2.05) is 31.2 Å². The molecule has 92 valence electrons. The summed E-state index contributed by atoms with van der Waals surface area (Å²) in [5.41, 5.74) is 7.36. The summed E-state index contributed by atoms with van der Waals surface area (Å²) in [4.78, 5) is 14.2. The summed E-state index contributed by atoms with van der Waals surface area (Å²) in [5.74, 6) is 0.462. The number of benzene rings is 1. The van der Waals surface area contributed by atoms with Crippen molar-refractivity contribution in [3.63, 3.8) is 0 Å². The van der Waals surface area contributed by atoms with Gasteiger partial charge in [0.05, 0.1) is 17.1 Å². The maximum atomic E-state index is 10.7. The lowest BCUT2D eigenvalue weighted by atomic mass is 10.2. The van der Waals surface area contributed by atoms with E-state index in [0.29, 0.717) is 5.82 Å². The van der Waals surface area contributed by atoms with Gasteiger partial charge in [-0.3, -0.25) is 10.1 Å². The lowest BCUT2D eigenvalue weighted by molar-refractivity contribution is -0.384. The molecule has 0 spiro atoms. The highest BCUT2D eigenvalue weighted by Crippen LogP contribution is 2.22. The van der Waals surface area contributed by atoms with Crippen LogP contribution in [-0.4, -0.2) is 9.91 Å². The first-order valence-electron chi connectivity index (χ1n) is 5.30. The molecule has 3 N–H and O–H groups in total. The number of hydrogen-bond donors (Lipinski definition) is 2. The minimum Gasteiger partial charge on any atom is -0.383 e. The summed E-state index contributed by atoms with van der Waals surface area (Å²) in [5, 5.41) is 13.7. The first-order chi connectivity index (χ1) is 8.54. The van der Waals surface area contributed by atoms with Gasteiger partial charge in [-0.2, -0.15) is 0 Å². The van der Waals surface area contributed by atoms with E-state index in [0.717, 1.165) is 11.3 Å². The fourth-order valence-corrected chi connectivity index (χ4v) is 1.49. The van der Waals surface area contributed by atoms with Crippen LogP contribution in [0.15, 0.2) is 36.4 Å². The molecule has 6 heteroatoms. The van der Waals surface area contributed by atoms with Crippen molar-refractivity contribution in [1.29, 1.82) is 0 Å². The van der Waals surface area contributed by atoms with Gasteiger partial charge in [-0.25, -0.2) is 4.98 Å². The Morgan fingerprint density at radius 1 is 1.28 bits per heavy atom. The molecule has 1 aromatic carbocycles. The Bertz CT molecular complexity index is 581. The molecule has 0 amide bonds. The molecule has 2 aromatic rings. The molecule has 0 saturated carbocycles. The van der Waals surface area contributed by atoms with Crippen LogP contribution in [-0.2, 0) is 0 Å². The summed E-state index contributed by atoms with van der Waals surface area (Å²) < 4.78 is 0. The van der Waals surface area contributed by atoms with Crippen molar-refractivity contribution in [2.75, 3.05) is 11.1 Å². The molecule has 0 fully saturated rings. The van der Waals surface area contributed by atoms with Crippen LogP contribution < -0.4 is 11.1 Å². The number of nitrogens with one attached hydrogen (secondary N) is 1. The Morgan fingerprint density at radius 2 is 1.94 bits per heavy atom. The number of nitrogens with zero attached hydrogens (tertiary/aromatic N) is 2. The van der Waals surface area contributed by atoms with E-state index in [4.69, 9.17) is 5.73 Å².